The number of rotatable bonds is 9. The van der Waals surface area contributed by atoms with E-state index in [1.807, 2.05) is 6.92 Å². The van der Waals surface area contributed by atoms with Crippen molar-refractivity contribution in [1.82, 2.24) is 15.2 Å². The molecule has 8 nitrogen and oxygen atoms in total. The fourth-order valence-corrected chi connectivity index (χ4v) is 6.19. The van der Waals surface area contributed by atoms with Crippen LogP contribution < -0.4 is 5.32 Å². The summed E-state index contributed by atoms with van der Waals surface area (Å²) in [5.74, 6) is -0.472. The molecule has 0 spiro atoms. The fourth-order valence-electron chi connectivity index (χ4n) is 5.31. The summed E-state index contributed by atoms with van der Waals surface area (Å²) in [5, 5.41) is 12.7. The largest absolute Gasteiger partial charge is 0.414 e. The molecular formula is C27H34F3N3O5S. The lowest BCUT2D eigenvalue weighted by Gasteiger charge is -2.34. The van der Waals surface area contributed by atoms with Crippen molar-refractivity contribution in [3.63, 3.8) is 0 Å². The molecule has 1 aromatic heterocycles. The van der Waals surface area contributed by atoms with Crippen molar-refractivity contribution in [2.45, 2.75) is 68.9 Å². The maximum Gasteiger partial charge on any atom is 0.414 e. The average molecular weight is 570 g/mol. The summed E-state index contributed by atoms with van der Waals surface area (Å²) in [7, 11) is -3.36. The van der Waals surface area contributed by atoms with E-state index in [4.69, 9.17) is 4.74 Å². The topological polar surface area (TPSA) is 109 Å². The van der Waals surface area contributed by atoms with Gasteiger partial charge in [-0.1, -0.05) is 26.0 Å². The van der Waals surface area contributed by atoms with Gasteiger partial charge in [0.15, 0.2) is 15.9 Å². The molecule has 3 heterocycles. The zero-order valence-electron chi connectivity index (χ0n) is 21.9. The van der Waals surface area contributed by atoms with E-state index in [-0.39, 0.29) is 42.2 Å². The van der Waals surface area contributed by atoms with Crippen molar-refractivity contribution >= 4 is 15.7 Å². The third-order valence-electron chi connectivity index (χ3n) is 7.52. The normalized spacial score (nSPS) is 22.9. The number of benzene rings is 1. The smallest absolute Gasteiger partial charge is 0.394 e. The highest BCUT2D eigenvalue weighted by Gasteiger charge is 2.43. The first-order valence-electron chi connectivity index (χ1n) is 13.1. The number of alkyl halides is 3. The number of fused-ring (bicyclic) bond motifs is 1. The van der Waals surface area contributed by atoms with Crippen molar-refractivity contribution in [2.75, 3.05) is 25.5 Å². The van der Waals surface area contributed by atoms with Crippen LogP contribution in [0, 0.1) is 5.92 Å². The van der Waals surface area contributed by atoms with E-state index in [2.05, 4.69) is 15.2 Å². The molecule has 0 radical (unpaired) electrons. The molecule has 1 aromatic carbocycles. The Balaban J connectivity index is 1.41. The van der Waals surface area contributed by atoms with E-state index in [1.165, 1.54) is 18.3 Å². The molecule has 2 aliphatic rings. The molecule has 4 rings (SSSR count). The van der Waals surface area contributed by atoms with Crippen LogP contribution in [-0.2, 0) is 21.1 Å². The molecule has 0 aliphatic carbocycles. The number of sulfone groups is 1. The number of pyridine rings is 1. The second kappa shape index (κ2) is 11.9. The van der Waals surface area contributed by atoms with Crippen LogP contribution in [0.2, 0.25) is 0 Å². The van der Waals surface area contributed by atoms with E-state index in [9.17, 15) is 31.5 Å². The summed E-state index contributed by atoms with van der Waals surface area (Å²) in [6.07, 6.45) is -3.39. The monoisotopic (exact) mass is 569 g/mol. The molecule has 2 N–H and O–H groups in total. The number of carbonyl (C=O) groups is 1. The minimum atomic E-state index is -4.34. The van der Waals surface area contributed by atoms with Crippen molar-refractivity contribution in [2.24, 2.45) is 5.92 Å². The standard InChI is InChI=1S/C27H34F3N3O5S/c1-3-23-25-20(14-33(23)13-17-5-10-24(38-16-17)27(28,29)30)11-19(12-31-25)26(35)32-22(15-34)18-6-8-21(9-7-18)39(36,37)4-2/h6-9,11-12,17,22-24,34H,3-5,10,13-16H2,1-2H3,(H,32,35)/t17-,22-,23-,24-/m0/s1. The van der Waals surface area contributed by atoms with Crippen LogP contribution in [0.15, 0.2) is 41.4 Å². The Morgan fingerprint density at radius 2 is 1.95 bits per heavy atom. The number of hydrogen-bond donors (Lipinski definition) is 2. The minimum absolute atomic E-state index is 0.000514. The van der Waals surface area contributed by atoms with Gasteiger partial charge in [0.2, 0.25) is 0 Å². The molecule has 39 heavy (non-hydrogen) atoms. The Morgan fingerprint density at radius 3 is 2.51 bits per heavy atom. The van der Waals surface area contributed by atoms with Crippen molar-refractivity contribution in [3.05, 3.63) is 58.9 Å². The molecular weight excluding hydrogens is 535 g/mol. The Morgan fingerprint density at radius 1 is 1.23 bits per heavy atom. The number of carbonyl (C=O) groups excluding carboxylic acids is 1. The highest BCUT2D eigenvalue weighted by atomic mass is 32.2. The molecule has 1 fully saturated rings. The summed E-state index contributed by atoms with van der Waals surface area (Å²) in [5.41, 5.74) is 2.62. The summed E-state index contributed by atoms with van der Waals surface area (Å²) < 4.78 is 68.0. The van der Waals surface area contributed by atoms with Gasteiger partial charge in [-0.05, 0) is 54.5 Å². The SMILES string of the molecule is CC[C@H]1c2ncc(C(=O)N[C@@H](CO)c3ccc(S(=O)(=O)CC)cc3)cc2CN1C[C@@H]1CC[C@@H](C(F)(F)F)OC1. The third kappa shape index (κ3) is 6.62. The van der Waals surface area contributed by atoms with Crippen LogP contribution in [0.1, 0.15) is 72.4 Å². The van der Waals surface area contributed by atoms with Crippen LogP contribution in [0.4, 0.5) is 13.2 Å². The zero-order chi connectivity index (χ0) is 28.4. The number of aliphatic hydroxyl groups is 1. The maximum atomic E-state index is 13.0. The molecule has 0 saturated carbocycles. The quantitative estimate of drug-likeness (QED) is 0.471. The Labute approximate surface area is 226 Å². The molecule has 2 aromatic rings. The van der Waals surface area contributed by atoms with Crippen LogP contribution in [-0.4, -0.2) is 67.1 Å². The van der Waals surface area contributed by atoms with Crippen molar-refractivity contribution < 1.29 is 36.2 Å². The second-order valence-electron chi connectivity index (χ2n) is 10.1. The van der Waals surface area contributed by atoms with Crippen molar-refractivity contribution in [3.8, 4) is 0 Å². The van der Waals surface area contributed by atoms with Crippen LogP contribution >= 0.6 is 0 Å². The van der Waals surface area contributed by atoms with E-state index < -0.39 is 34.1 Å². The predicted octanol–water partition coefficient (Wildman–Crippen LogP) is 3.96. The van der Waals surface area contributed by atoms with Crippen molar-refractivity contribution in [1.29, 1.82) is 0 Å². The zero-order valence-corrected chi connectivity index (χ0v) is 22.8. The number of amides is 1. The van der Waals surface area contributed by atoms with Gasteiger partial charge < -0.3 is 15.2 Å². The molecule has 214 valence electrons. The first-order valence-corrected chi connectivity index (χ1v) is 14.8. The molecule has 1 saturated heterocycles. The number of ether oxygens (including phenoxy) is 1. The van der Waals surface area contributed by atoms with E-state index in [0.29, 0.717) is 30.6 Å². The van der Waals surface area contributed by atoms with Gasteiger partial charge in [0.05, 0.1) is 47.2 Å². The highest BCUT2D eigenvalue weighted by Crippen LogP contribution is 2.38. The summed E-state index contributed by atoms with van der Waals surface area (Å²) in [6, 6.07) is 7.08. The maximum absolute atomic E-state index is 13.0. The lowest BCUT2D eigenvalue weighted by Crippen LogP contribution is -2.40. The van der Waals surface area contributed by atoms with Gasteiger partial charge in [0, 0.05) is 19.3 Å². The Kier molecular flexibility index (Phi) is 8.99. The predicted molar refractivity (Wildman–Crippen MR) is 138 cm³/mol. The van der Waals surface area contributed by atoms with Gasteiger partial charge in [-0.3, -0.25) is 14.7 Å². The second-order valence-corrected chi connectivity index (χ2v) is 12.4. The fraction of sp³-hybridized carbons (Fsp3) is 0.556. The molecule has 1 amide bonds. The average Bonchev–Trinajstić information content (AvgIpc) is 3.27. The third-order valence-corrected chi connectivity index (χ3v) is 9.27. The molecule has 0 bridgehead atoms. The molecule has 12 heteroatoms. The van der Waals surface area contributed by atoms with Gasteiger partial charge in [-0.15, -0.1) is 0 Å². The molecule has 4 atom stereocenters. The lowest BCUT2D eigenvalue weighted by atomic mass is 9.97. The van der Waals surface area contributed by atoms with Gasteiger partial charge in [0.25, 0.3) is 5.91 Å². The number of aromatic nitrogens is 1. The number of halogens is 3. The van der Waals surface area contributed by atoms with E-state index in [1.54, 1.807) is 25.1 Å². The van der Waals surface area contributed by atoms with Gasteiger partial charge in [-0.25, -0.2) is 8.42 Å². The molecule has 2 aliphatic heterocycles. The van der Waals surface area contributed by atoms with Crippen LogP contribution in [0.5, 0.6) is 0 Å². The minimum Gasteiger partial charge on any atom is -0.394 e. The first-order chi connectivity index (χ1) is 18.5. The highest BCUT2D eigenvalue weighted by molar-refractivity contribution is 7.91. The Bertz CT molecular complexity index is 1260. The van der Waals surface area contributed by atoms with E-state index in [0.717, 1.165) is 17.7 Å². The van der Waals surface area contributed by atoms with Gasteiger partial charge >= 0.3 is 6.18 Å². The van der Waals surface area contributed by atoms with Crippen LogP contribution in [0.25, 0.3) is 0 Å². The number of nitrogens with zero attached hydrogens (tertiary/aromatic N) is 2. The summed E-state index contributed by atoms with van der Waals surface area (Å²) in [6.45, 7) is 4.37. The molecule has 0 unspecified atom stereocenters. The van der Waals surface area contributed by atoms with Crippen LogP contribution in [0.3, 0.4) is 0 Å². The Hall–Kier alpha value is -2.54. The van der Waals surface area contributed by atoms with Gasteiger partial charge in [-0.2, -0.15) is 13.2 Å². The number of hydrogen-bond acceptors (Lipinski definition) is 7. The number of aliphatic hydroxyl groups excluding tert-OH is 1. The first kappa shape index (κ1) is 29.4. The van der Waals surface area contributed by atoms with Gasteiger partial charge in [0.1, 0.15) is 0 Å². The summed E-state index contributed by atoms with van der Waals surface area (Å²) >= 11 is 0. The lowest BCUT2D eigenvalue weighted by molar-refractivity contribution is -0.236. The van der Waals surface area contributed by atoms with E-state index >= 15 is 0 Å². The summed E-state index contributed by atoms with van der Waals surface area (Å²) in [4.78, 5) is 20.0. The number of nitrogens with one attached hydrogen (secondary N) is 1.